The van der Waals surface area contributed by atoms with E-state index in [1.54, 1.807) is 0 Å². The summed E-state index contributed by atoms with van der Waals surface area (Å²) in [6.07, 6.45) is 0. The van der Waals surface area contributed by atoms with Gasteiger partial charge in [0.15, 0.2) is 0 Å². The van der Waals surface area contributed by atoms with Gasteiger partial charge >= 0.3 is 0 Å². The van der Waals surface area contributed by atoms with E-state index in [0.717, 1.165) is 6.61 Å². The molecule has 0 aromatic heterocycles. The minimum Gasteiger partial charge on any atom is -0.440 e. The minimum absolute atomic E-state index is 0. The molecule has 61 valence electrons. The van der Waals surface area contributed by atoms with Gasteiger partial charge in [-0.3, -0.25) is 0 Å². The molecule has 1 aliphatic heterocycles. The average Bonchev–Trinajstić information content (AvgIpc) is 2.34. The Hall–Kier alpha value is 0.349. The fraction of sp³-hybridized carbons (Fsp3) is 0.222. The molecule has 0 saturated heterocycles. The van der Waals surface area contributed by atoms with Gasteiger partial charge in [-0.25, -0.2) is 0 Å². The van der Waals surface area contributed by atoms with Crippen LogP contribution in [0.5, 0.6) is 0 Å². The molecule has 1 nitrogen and oxygen atoms in total. The Labute approximate surface area is 99.9 Å². The van der Waals surface area contributed by atoms with Crippen LogP contribution in [-0.2, 0) is 44.0 Å². The molecule has 12 heavy (non-hydrogen) atoms. The van der Waals surface area contributed by atoms with E-state index in [4.69, 9.17) is 4.65 Å². The third-order valence-electron chi connectivity index (χ3n) is 1.91. The molecule has 3 heteroatoms. The quantitative estimate of drug-likeness (QED) is 0.486. The van der Waals surface area contributed by atoms with E-state index in [-0.39, 0.29) is 47.1 Å². The predicted molar refractivity (Wildman–Crippen MR) is 47.7 cm³/mol. The zero-order chi connectivity index (χ0) is 6.97. The van der Waals surface area contributed by atoms with Gasteiger partial charge in [-0.05, 0) is 0 Å². The van der Waals surface area contributed by atoms with Gasteiger partial charge in [0, 0.05) is 39.3 Å². The number of fused-ring (bicyclic) bond motifs is 1. The summed E-state index contributed by atoms with van der Waals surface area (Å²) in [6, 6.07) is 9.04. The Morgan fingerprint density at radius 2 is 2.33 bits per heavy atom. The van der Waals surface area contributed by atoms with Crippen molar-refractivity contribution in [2.75, 3.05) is 0 Å². The van der Waals surface area contributed by atoms with Crippen molar-refractivity contribution in [2.45, 2.75) is 13.4 Å². The first kappa shape index (κ1) is 12.3. The van der Waals surface area contributed by atoms with Crippen molar-refractivity contribution in [1.82, 2.24) is 0 Å². The van der Waals surface area contributed by atoms with Gasteiger partial charge < -0.3 is 12.1 Å². The summed E-state index contributed by atoms with van der Waals surface area (Å²) in [4.78, 5) is 0. The van der Waals surface area contributed by atoms with E-state index < -0.39 is 0 Å². The number of benzene rings is 1. The summed E-state index contributed by atoms with van der Waals surface area (Å²) in [5.74, 6) is 0. The van der Waals surface area contributed by atoms with Crippen LogP contribution in [0.1, 0.15) is 5.56 Å². The fourth-order valence-corrected chi connectivity index (χ4v) is 1.30. The van der Waals surface area contributed by atoms with E-state index in [1.165, 1.54) is 11.0 Å². The fourth-order valence-electron chi connectivity index (χ4n) is 1.30. The molecule has 1 heterocycles. The molecule has 0 spiro atoms. The summed E-state index contributed by atoms with van der Waals surface area (Å²) in [6.45, 7) is 3.12. The first-order chi connectivity index (χ1) is 4.88. The first-order valence-corrected chi connectivity index (χ1v) is 3.48. The van der Waals surface area contributed by atoms with Crippen LogP contribution in [0.2, 0.25) is 6.82 Å². The van der Waals surface area contributed by atoms with Gasteiger partial charge in [0.1, 0.15) is 0 Å². The second kappa shape index (κ2) is 5.16. The SMILES string of the molecule is CB1OCc2c[c-]ccc21.[CH3-].[Y]. The van der Waals surface area contributed by atoms with E-state index in [0.29, 0.717) is 0 Å². The van der Waals surface area contributed by atoms with Crippen LogP contribution in [0.4, 0.5) is 0 Å². The largest absolute Gasteiger partial charge is 0.440 e. The Morgan fingerprint density at radius 3 is 3.00 bits per heavy atom. The third-order valence-corrected chi connectivity index (χ3v) is 1.91. The third kappa shape index (κ3) is 2.18. The maximum absolute atomic E-state index is 5.40. The summed E-state index contributed by atoms with van der Waals surface area (Å²) in [5.41, 5.74) is 2.61. The monoisotopic (exact) mass is 235 g/mol. The van der Waals surface area contributed by atoms with Gasteiger partial charge in [0.25, 0.3) is 6.92 Å². The van der Waals surface area contributed by atoms with E-state index in [1.807, 2.05) is 12.1 Å². The standard InChI is InChI=1S/C8H8BO.CH3.Y/c1-9-8-5-3-2-4-7(8)6-10-9;;/h3-5H,6H2,1H3;1H3;/q2*-1;. The van der Waals surface area contributed by atoms with Gasteiger partial charge in [0.05, 0.1) is 0 Å². The molecular formula is C9H11BOY-2. The van der Waals surface area contributed by atoms with Gasteiger partial charge in [0.2, 0.25) is 0 Å². The van der Waals surface area contributed by atoms with Crippen LogP contribution in [0.15, 0.2) is 18.2 Å². The molecule has 0 fully saturated rings. The Kier molecular flexibility index (Phi) is 5.31. The van der Waals surface area contributed by atoms with Crippen LogP contribution in [0, 0.1) is 13.5 Å². The van der Waals surface area contributed by atoms with Crippen LogP contribution in [-0.4, -0.2) is 6.92 Å². The van der Waals surface area contributed by atoms with Crippen LogP contribution in [0.3, 0.4) is 0 Å². The second-order valence-corrected chi connectivity index (χ2v) is 2.58. The zero-order valence-corrected chi connectivity index (χ0v) is 10.3. The van der Waals surface area contributed by atoms with Crippen molar-refractivity contribution < 1.29 is 37.4 Å². The summed E-state index contributed by atoms with van der Waals surface area (Å²) in [5, 5.41) is 0. The average molecular weight is 235 g/mol. The molecule has 0 unspecified atom stereocenters. The summed E-state index contributed by atoms with van der Waals surface area (Å²) < 4.78 is 5.40. The second-order valence-electron chi connectivity index (χ2n) is 2.58. The van der Waals surface area contributed by atoms with Crippen molar-refractivity contribution in [3.8, 4) is 0 Å². The summed E-state index contributed by atoms with van der Waals surface area (Å²) >= 11 is 0. The maximum atomic E-state index is 5.40. The number of rotatable bonds is 0. The first-order valence-electron chi connectivity index (χ1n) is 3.48. The smallest absolute Gasteiger partial charge is 0.298 e. The molecule has 1 radical (unpaired) electrons. The van der Waals surface area contributed by atoms with E-state index >= 15 is 0 Å². The molecule has 1 aliphatic rings. The molecule has 0 N–H and O–H groups in total. The maximum Gasteiger partial charge on any atom is 0.298 e. The molecule has 0 aliphatic carbocycles. The Balaban J connectivity index is 0.000000605. The van der Waals surface area contributed by atoms with Crippen LogP contribution in [0.25, 0.3) is 0 Å². The summed E-state index contributed by atoms with van der Waals surface area (Å²) in [7, 11) is 0. The van der Waals surface area contributed by atoms with E-state index in [9.17, 15) is 0 Å². The van der Waals surface area contributed by atoms with Crippen molar-refractivity contribution in [3.63, 3.8) is 0 Å². The molecule has 0 atom stereocenters. The molecule has 0 amide bonds. The van der Waals surface area contributed by atoms with Gasteiger partial charge in [-0.2, -0.15) is 29.7 Å². The van der Waals surface area contributed by atoms with Crippen LogP contribution < -0.4 is 5.46 Å². The molecule has 1 aromatic carbocycles. The molecule has 1 aromatic rings. The molecule has 2 rings (SSSR count). The predicted octanol–water partition coefficient (Wildman–Crippen LogP) is 1.29. The topological polar surface area (TPSA) is 9.23 Å². The Bertz CT molecular complexity index is 252. The Morgan fingerprint density at radius 1 is 1.58 bits per heavy atom. The number of hydrogen-bond acceptors (Lipinski definition) is 1. The molecule has 0 bridgehead atoms. The van der Waals surface area contributed by atoms with Gasteiger partial charge in [-0.1, -0.05) is 6.82 Å². The van der Waals surface area contributed by atoms with Crippen molar-refractivity contribution in [1.29, 1.82) is 0 Å². The van der Waals surface area contributed by atoms with Crippen molar-refractivity contribution >= 4 is 12.4 Å². The normalized spacial score (nSPS) is 12.9. The molecular weight excluding hydrogens is 224 g/mol. The van der Waals surface area contributed by atoms with Crippen LogP contribution >= 0.6 is 0 Å². The van der Waals surface area contributed by atoms with E-state index in [2.05, 4.69) is 19.0 Å². The van der Waals surface area contributed by atoms with Crippen molar-refractivity contribution in [2.24, 2.45) is 0 Å². The minimum atomic E-state index is 0. The number of hydrogen-bond donors (Lipinski definition) is 0. The zero-order valence-electron chi connectivity index (χ0n) is 7.50. The van der Waals surface area contributed by atoms with Crippen molar-refractivity contribution in [3.05, 3.63) is 37.3 Å². The van der Waals surface area contributed by atoms with Gasteiger partial charge in [-0.15, -0.1) is 5.56 Å². The molecule has 0 saturated carbocycles.